The van der Waals surface area contributed by atoms with E-state index in [1.165, 1.54) is 6.26 Å². The average Bonchev–Trinajstić information content (AvgIpc) is 2.63. The van der Waals surface area contributed by atoms with Crippen molar-refractivity contribution in [2.24, 2.45) is 5.92 Å². The third kappa shape index (κ3) is 3.19. The molecule has 2 rings (SSSR count). The molecule has 0 bridgehead atoms. The highest BCUT2D eigenvalue weighted by Crippen LogP contribution is 2.20. The number of nitrogens with two attached hydrogens (primary N) is 1. The minimum Gasteiger partial charge on any atom is -0.396 e. The van der Waals surface area contributed by atoms with E-state index < -0.39 is 10.0 Å². The Morgan fingerprint density at radius 2 is 2.35 bits per heavy atom. The van der Waals surface area contributed by atoms with Crippen LogP contribution in [0.3, 0.4) is 0 Å². The van der Waals surface area contributed by atoms with Crippen molar-refractivity contribution >= 4 is 15.7 Å². The van der Waals surface area contributed by atoms with Gasteiger partial charge in [-0.2, -0.15) is 5.10 Å². The van der Waals surface area contributed by atoms with Crippen LogP contribution in [0.5, 0.6) is 0 Å². The van der Waals surface area contributed by atoms with Crippen LogP contribution in [0.15, 0.2) is 12.4 Å². The highest BCUT2D eigenvalue weighted by Gasteiger charge is 2.26. The van der Waals surface area contributed by atoms with Crippen molar-refractivity contribution < 1.29 is 8.42 Å². The second-order valence-electron chi connectivity index (χ2n) is 4.62. The molecule has 0 saturated carbocycles. The lowest BCUT2D eigenvalue weighted by molar-refractivity contribution is 0.240. The van der Waals surface area contributed by atoms with Crippen molar-refractivity contribution in [2.75, 3.05) is 25.1 Å². The second kappa shape index (κ2) is 4.66. The zero-order valence-corrected chi connectivity index (χ0v) is 10.7. The summed E-state index contributed by atoms with van der Waals surface area (Å²) in [6.07, 6.45) is 6.60. The largest absolute Gasteiger partial charge is 0.396 e. The summed E-state index contributed by atoms with van der Waals surface area (Å²) in [7, 11) is -3.07. The molecule has 7 heteroatoms. The molecular weight excluding hydrogens is 240 g/mol. The van der Waals surface area contributed by atoms with Gasteiger partial charge in [-0.15, -0.1) is 0 Å². The van der Waals surface area contributed by atoms with Crippen molar-refractivity contribution in [1.82, 2.24) is 14.1 Å². The molecule has 0 amide bonds. The molecule has 1 saturated heterocycles. The van der Waals surface area contributed by atoms with Crippen molar-refractivity contribution in [3.8, 4) is 0 Å². The average molecular weight is 258 g/mol. The van der Waals surface area contributed by atoms with E-state index in [-0.39, 0.29) is 0 Å². The number of anilines is 1. The van der Waals surface area contributed by atoms with Crippen LogP contribution in [0, 0.1) is 5.92 Å². The molecule has 0 aromatic carbocycles. The van der Waals surface area contributed by atoms with Crippen LogP contribution in [0.4, 0.5) is 5.69 Å². The molecule has 1 atom stereocenters. The second-order valence-corrected chi connectivity index (χ2v) is 6.61. The van der Waals surface area contributed by atoms with Crippen molar-refractivity contribution in [1.29, 1.82) is 0 Å². The molecule has 0 spiro atoms. The van der Waals surface area contributed by atoms with Gasteiger partial charge < -0.3 is 5.73 Å². The predicted octanol–water partition coefficient (Wildman–Crippen LogP) is 0.137. The Labute approximate surface area is 101 Å². The highest BCUT2D eigenvalue weighted by atomic mass is 32.2. The quantitative estimate of drug-likeness (QED) is 0.836. The fourth-order valence-electron chi connectivity index (χ4n) is 2.22. The maximum Gasteiger partial charge on any atom is 0.211 e. The molecule has 1 fully saturated rings. The number of aromatic nitrogens is 2. The van der Waals surface area contributed by atoms with Crippen molar-refractivity contribution in [3.05, 3.63) is 12.4 Å². The van der Waals surface area contributed by atoms with Gasteiger partial charge in [-0.25, -0.2) is 12.7 Å². The third-order valence-corrected chi connectivity index (χ3v) is 4.32. The molecule has 0 aliphatic carbocycles. The number of rotatable bonds is 3. The molecule has 1 aromatic heterocycles. The fourth-order valence-corrected chi connectivity index (χ4v) is 3.16. The van der Waals surface area contributed by atoms with Gasteiger partial charge in [0.1, 0.15) is 0 Å². The molecule has 6 nitrogen and oxygen atoms in total. The summed E-state index contributed by atoms with van der Waals surface area (Å²) in [6.45, 7) is 1.94. The van der Waals surface area contributed by atoms with Crippen LogP contribution in [0.25, 0.3) is 0 Å². The van der Waals surface area contributed by atoms with Crippen LogP contribution in [0.2, 0.25) is 0 Å². The molecule has 2 N–H and O–H groups in total. The van der Waals surface area contributed by atoms with E-state index in [2.05, 4.69) is 5.10 Å². The lowest BCUT2D eigenvalue weighted by Gasteiger charge is -2.30. The van der Waals surface area contributed by atoms with Crippen LogP contribution in [-0.2, 0) is 16.6 Å². The highest BCUT2D eigenvalue weighted by molar-refractivity contribution is 7.88. The zero-order chi connectivity index (χ0) is 12.5. The fraction of sp³-hybridized carbons (Fsp3) is 0.700. The minimum atomic E-state index is -3.07. The summed E-state index contributed by atoms with van der Waals surface area (Å²) < 4.78 is 26.3. The first kappa shape index (κ1) is 12.4. The van der Waals surface area contributed by atoms with Gasteiger partial charge in [0.05, 0.1) is 18.1 Å². The first-order valence-corrected chi connectivity index (χ1v) is 7.53. The first-order valence-electron chi connectivity index (χ1n) is 5.68. The Kier molecular flexibility index (Phi) is 3.39. The van der Waals surface area contributed by atoms with E-state index in [1.54, 1.807) is 21.4 Å². The SMILES string of the molecule is CS(=O)(=O)N1CCC[C@H](Cn2cc(N)cn2)C1. The molecule has 96 valence electrons. The van der Waals surface area contributed by atoms with Gasteiger partial charge in [0.25, 0.3) is 0 Å². The Morgan fingerprint density at radius 3 is 2.94 bits per heavy atom. The van der Waals surface area contributed by atoms with Crippen LogP contribution >= 0.6 is 0 Å². The lowest BCUT2D eigenvalue weighted by Crippen LogP contribution is -2.40. The predicted molar refractivity (Wildman–Crippen MR) is 65.8 cm³/mol. The van der Waals surface area contributed by atoms with Gasteiger partial charge in [0.15, 0.2) is 0 Å². The van der Waals surface area contributed by atoms with Crippen molar-refractivity contribution in [2.45, 2.75) is 19.4 Å². The van der Waals surface area contributed by atoms with Gasteiger partial charge in [-0.1, -0.05) is 0 Å². The minimum absolute atomic E-state index is 0.317. The van der Waals surface area contributed by atoms with Gasteiger partial charge in [0, 0.05) is 25.8 Å². The normalized spacial score (nSPS) is 22.8. The molecule has 1 aliphatic heterocycles. The van der Waals surface area contributed by atoms with E-state index in [1.807, 2.05) is 0 Å². The first-order chi connectivity index (χ1) is 7.95. The lowest BCUT2D eigenvalue weighted by atomic mass is 10.00. The molecular formula is C10H18N4O2S. The standard InChI is InChI=1S/C10H18N4O2S/c1-17(15,16)14-4-2-3-9(7-14)6-13-8-10(11)5-12-13/h5,8-9H,2-4,6-7,11H2,1H3/t9-/m1/s1. The number of nitrogens with zero attached hydrogens (tertiary/aromatic N) is 3. The van der Waals surface area contributed by atoms with Crippen LogP contribution in [0.1, 0.15) is 12.8 Å². The Bertz CT molecular complexity index is 482. The maximum absolute atomic E-state index is 11.5. The maximum atomic E-state index is 11.5. The number of piperidine rings is 1. The number of hydrogen-bond donors (Lipinski definition) is 1. The van der Waals surface area contributed by atoms with E-state index in [9.17, 15) is 8.42 Å². The van der Waals surface area contributed by atoms with E-state index >= 15 is 0 Å². The van der Waals surface area contributed by atoms with Gasteiger partial charge >= 0.3 is 0 Å². The molecule has 2 heterocycles. The molecule has 0 radical (unpaired) electrons. The molecule has 1 aromatic rings. The Morgan fingerprint density at radius 1 is 1.59 bits per heavy atom. The Balaban J connectivity index is 1.98. The monoisotopic (exact) mass is 258 g/mol. The van der Waals surface area contributed by atoms with Crippen LogP contribution in [-0.4, -0.2) is 41.8 Å². The van der Waals surface area contributed by atoms with Crippen molar-refractivity contribution in [3.63, 3.8) is 0 Å². The van der Waals surface area contributed by atoms with Gasteiger partial charge in [-0.05, 0) is 18.8 Å². The summed E-state index contributed by atoms with van der Waals surface area (Å²) in [6, 6.07) is 0. The molecule has 0 unspecified atom stereocenters. The summed E-state index contributed by atoms with van der Waals surface area (Å²) in [5.74, 6) is 0.317. The number of nitrogen functional groups attached to an aromatic ring is 1. The zero-order valence-electron chi connectivity index (χ0n) is 9.91. The molecule has 1 aliphatic rings. The van der Waals surface area contributed by atoms with Gasteiger partial charge in [-0.3, -0.25) is 4.68 Å². The van der Waals surface area contributed by atoms with E-state index in [0.717, 1.165) is 19.4 Å². The van der Waals surface area contributed by atoms with Crippen LogP contribution < -0.4 is 5.73 Å². The number of sulfonamides is 1. The summed E-state index contributed by atoms with van der Waals surface area (Å²) in [5.41, 5.74) is 6.23. The summed E-state index contributed by atoms with van der Waals surface area (Å²) in [4.78, 5) is 0. The van der Waals surface area contributed by atoms with E-state index in [0.29, 0.717) is 24.7 Å². The Hall–Kier alpha value is -1.08. The summed E-state index contributed by atoms with van der Waals surface area (Å²) >= 11 is 0. The summed E-state index contributed by atoms with van der Waals surface area (Å²) in [5, 5.41) is 4.12. The van der Waals surface area contributed by atoms with E-state index in [4.69, 9.17) is 5.73 Å². The molecule has 17 heavy (non-hydrogen) atoms. The topological polar surface area (TPSA) is 81.2 Å². The smallest absolute Gasteiger partial charge is 0.211 e. The number of hydrogen-bond acceptors (Lipinski definition) is 4. The third-order valence-electron chi connectivity index (χ3n) is 3.05. The van der Waals surface area contributed by atoms with Gasteiger partial charge in [0.2, 0.25) is 10.0 Å².